The van der Waals surface area contributed by atoms with E-state index in [0.29, 0.717) is 0 Å². The molecule has 0 amide bonds. The molecule has 11 nitrogen and oxygen atoms in total. The standard InChI is InChI=1S/C8H10O11.Cu.Li.Na.2H/c9-1(5(13)14)3(11)7(17)19-8(18)4(12)2(10)6(15)16;;;;;/h1-4,9-12H,(H,13,14)(H,15,16);;;;;/q;;2*+1;2*-1. The van der Waals surface area contributed by atoms with E-state index in [9.17, 15) is 19.2 Å². The van der Waals surface area contributed by atoms with Crippen LogP contribution in [0.25, 0.3) is 0 Å². The predicted octanol–water partition coefficient (Wildman–Crippen LogP) is -10.1. The molecular formula is C8H12CuLiNaO11. The van der Waals surface area contributed by atoms with Crippen LogP contribution < -0.4 is 48.4 Å². The number of aliphatic carboxylic acids is 2. The molecule has 4 unspecified atom stereocenters. The van der Waals surface area contributed by atoms with Gasteiger partial charge in [-0.3, -0.25) is 0 Å². The average molecular weight is 378 g/mol. The second-order valence-electron chi connectivity index (χ2n) is 3.20. The van der Waals surface area contributed by atoms with Crippen molar-refractivity contribution in [2.75, 3.05) is 0 Å². The summed E-state index contributed by atoms with van der Waals surface area (Å²) < 4.78 is 3.69. The van der Waals surface area contributed by atoms with Crippen LogP contribution in [0.3, 0.4) is 0 Å². The largest absolute Gasteiger partial charge is 1.00 e. The zero-order valence-electron chi connectivity index (χ0n) is 13.3. The molecular weight excluding hydrogens is 366 g/mol. The van der Waals surface area contributed by atoms with E-state index < -0.39 is 48.3 Å². The Morgan fingerprint density at radius 2 is 0.955 bits per heavy atom. The third-order valence-corrected chi connectivity index (χ3v) is 1.79. The third-order valence-electron chi connectivity index (χ3n) is 1.79. The number of carboxylic acids is 2. The van der Waals surface area contributed by atoms with Crippen molar-refractivity contribution in [1.29, 1.82) is 0 Å². The number of carboxylic acid groups (broad SMARTS) is 2. The quantitative estimate of drug-likeness (QED) is 0.146. The van der Waals surface area contributed by atoms with Gasteiger partial charge in [-0.1, -0.05) is 0 Å². The molecule has 0 aromatic carbocycles. The summed E-state index contributed by atoms with van der Waals surface area (Å²) in [6, 6.07) is 0. The monoisotopic (exact) mass is 377 g/mol. The Kier molecular flexibility index (Phi) is 18.4. The zero-order valence-corrected chi connectivity index (χ0v) is 14.3. The fraction of sp³-hybridized carbons (Fsp3) is 0.500. The van der Waals surface area contributed by atoms with E-state index in [0.717, 1.165) is 0 Å². The number of esters is 2. The molecule has 0 saturated carbocycles. The van der Waals surface area contributed by atoms with E-state index in [1.54, 1.807) is 0 Å². The Bertz CT molecular complexity index is 379. The van der Waals surface area contributed by atoms with Crippen LogP contribution in [0.4, 0.5) is 0 Å². The summed E-state index contributed by atoms with van der Waals surface area (Å²) in [5.41, 5.74) is 0. The Labute approximate surface area is 170 Å². The summed E-state index contributed by atoms with van der Waals surface area (Å²) >= 11 is 0. The van der Waals surface area contributed by atoms with E-state index in [-0.39, 0.29) is 68.3 Å². The molecule has 0 aliphatic rings. The van der Waals surface area contributed by atoms with E-state index in [1.807, 2.05) is 0 Å². The van der Waals surface area contributed by atoms with Crippen LogP contribution in [0.1, 0.15) is 2.85 Å². The number of hydrogen-bond acceptors (Lipinski definition) is 9. The van der Waals surface area contributed by atoms with E-state index in [2.05, 4.69) is 4.74 Å². The van der Waals surface area contributed by atoms with Gasteiger partial charge >= 0.3 is 72.3 Å². The maximum absolute atomic E-state index is 10.9. The Balaban J connectivity index is -0.000000162. The SMILES string of the molecule is O=C(O)C(O)C(O)C(=O)OC(=O)C(O)C(O)C(=O)O.[Cu].[H-].[H-].[Li+].[Na+]. The van der Waals surface area contributed by atoms with Crippen LogP contribution in [0.15, 0.2) is 0 Å². The molecule has 0 spiro atoms. The maximum Gasteiger partial charge on any atom is 1.00 e. The normalized spacial score (nSPS) is 14.5. The summed E-state index contributed by atoms with van der Waals surface area (Å²) in [5.74, 6) is -7.83. The molecule has 0 aromatic rings. The van der Waals surface area contributed by atoms with E-state index >= 15 is 0 Å². The van der Waals surface area contributed by atoms with Crippen LogP contribution in [0.2, 0.25) is 0 Å². The van der Waals surface area contributed by atoms with Crippen molar-refractivity contribution >= 4 is 23.9 Å². The molecule has 123 valence electrons. The molecule has 0 bridgehead atoms. The molecule has 0 aromatic heterocycles. The van der Waals surface area contributed by atoms with E-state index in [4.69, 9.17) is 30.6 Å². The molecule has 0 fully saturated rings. The van der Waals surface area contributed by atoms with Gasteiger partial charge in [-0.05, 0) is 0 Å². The van der Waals surface area contributed by atoms with Crippen molar-refractivity contribution in [1.82, 2.24) is 0 Å². The average Bonchev–Trinajstić information content (AvgIpc) is 2.34. The van der Waals surface area contributed by atoms with Gasteiger partial charge in [-0.2, -0.15) is 0 Å². The van der Waals surface area contributed by atoms with Gasteiger partial charge in [0.25, 0.3) is 0 Å². The van der Waals surface area contributed by atoms with Gasteiger partial charge in [-0.25, -0.2) is 19.2 Å². The molecule has 0 rings (SSSR count). The van der Waals surface area contributed by atoms with Gasteiger partial charge in [0, 0.05) is 17.1 Å². The molecule has 1 radical (unpaired) electrons. The number of ether oxygens (including phenoxy) is 1. The Hall–Kier alpha value is 0.0369. The number of hydrogen-bond donors (Lipinski definition) is 6. The Morgan fingerprint density at radius 1 is 0.727 bits per heavy atom. The molecule has 0 saturated heterocycles. The van der Waals surface area contributed by atoms with Crippen molar-refractivity contribution in [2.24, 2.45) is 0 Å². The van der Waals surface area contributed by atoms with Gasteiger partial charge in [-0.15, -0.1) is 0 Å². The van der Waals surface area contributed by atoms with Crippen LogP contribution in [0, 0.1) is 0 Å². The minimum atomic E-state index is -2.63. The smallest absolute Gasteiger partial charge is 1.00 e. The van der Waals surface area contributed by atoms with Crippen LogP contribution >= 0.6 is 0 Å². The number of aliphatic hydroxyl groups excluding tert-OH is 4. The number of carbonyl (C=O) groups is 4. The summed E-state index contributed by atoms with van der Waals surface area (Å²) in [6.07, 6.45) is -10.4. The Morgan fingerprint density at radius 3 is 1.14 bits per heavy atom. The van der Waals surface area contributed by atoms with Gasteiger partial charge in [0.05, 0.1) is 0 Å². The van der Waals surface area contributed by atoms with Gasteiger partial charge in [0.1, 0.15) is 0 Å². The molecule has 14 heteroatoms. The fourth-order valence-electron chi connectivity index (χ4n) is 0.748. The third kappa shape index (κ3) is 9.24. The van der Waals surface area contributed by atoms with Gasteiger partial charge in [0.15, 0.2) is 24.4 Å². The van der Waals surface area contributed by atoms with Crippen molar-refractivity contribution in [3.63, 3.8) is 0 Å². The number of rotatable bonds is 6. The first kappa shape index (κ1) is 30.0. The number of carbonyl (C=O) groups excluding carboxylic acids is 2. The van der Waals surface area contributed by atoms with Crippen LogP contribution in [-0.4, -0.2) is 78.9 Å². The second-order valence-corrected chi connectivity index (χ2v) is 3.20. The van der Waals surface area contributed by atoms with E-state index in [1.165, 1.54) is 0 Å². The maximum atomic E-state index is 10.9. The van der Waals surface area contributed by atoms with Crippen LogP contribution in [-0.2, 0) is 41.0 Å². The molecule has 0 heterocycles. The van der Waals surface area contributed by atoms with Crippen molar-refractivity contribution in [3.05, 3.63) is 0 Å². The number of aliphatic hydroxyl groups is 4. The first-order valence-electron chi connectivity index (χ1n) is 4.53. The zero-order chi connectivity index (χ0) is 15.3. The molecule has 6 N–H and O–H groups in total. The summed E-state index contributed by atoms with van der Waals surface area (Å²) in [5, 5.41) is 51.8. The fourth-order valence-corrected chi connectivity index (χ4v) is 0.748. The summed E-state index contributed by atoms with van der Waals surface area (Å²) in [7, 11) is 0. The summed E-state index contributed by atoms with van der Waals surface area (Å²) in [4.78, 5) is 42.3. The first-order chi connectivity index (χ1) is 8.59. The molecule has 0 aliphatic carbocycles. The first-order valence-corrected chi connectivity index (χ1v) is 4.53. The topological polar surface area (TPSA) is 199 Å². The molecule has 0 aliphatic heterocycles. The minimum absolute atomic E-state index is 0. The van der Waals surface area contributed by atoms with Gasteiger partial charge < -0.3 is 38.2 Å². The predicted molar refractivity (Wildman–Crippen MR) is 52.6 cm³/mol. The van der Waals surface area contributed by atoms with Gasteiger partial charge in [0.2, 0.25) is 0 Å². The molecule has 22 heavy (non-hydrogen) atoms. The molecule has 4 atom stereocenters. The van der Waals surface area contributed by atoms with Crippen molar-refractivity contribution < 1.29 is 123 Å². The van der Waals surface area contributed by atoms with Crippen molar-refractivity contribution in [3.8, 4) is 0 Å². The summed E-state index contributed by atoms with van der Waals surface area (Å²) in [6.45, 7) is 0. The van der Waals surface area contributed by atoms with Crippen molar-refractivity contribution in [2.45, 2.75) is 24.4 Å². The minimum Gasteiger partial charge on any atom is -1.00 e. The van der Waals surface area contributed by atoms with Crippen LogP contribution in [0.5, 0.6) is 0 Å². The second kappa shape index (κ2) is 13.5.